The fraction of sp³-hybridized carbons (Fsp3) is 0.632. The van der Waals surface area contributed by atoms with Gasteiger partial charge in [0.25, 0.3) is 5.91 Å². The Balaban J connectivity index is 1.80. The lowest BCUT2D eigenvalue weighted by atomic mass is 10.0. The third-order valence-electron chi connectivity index (χ3n) is 5.29. The van der Waals surface area contributed by atoms with E-state index in [2.05, 4.69) is 0 Å². The minimum atomic E-state index is -3.60. The number of methoxy groups -OCH3 is 1. The first kappa shape index (κ1) is 19.3. The molecule has 26 heavy (non-hydrogen) atoms. The Bertz CT molecular complexity index is 731. The van der Waals surface area contributed by atoms with E-state index in [0.717, 1.165) is 51.6 Å². The minimum absolute atomic E-state index is 0.0126. The number of rotatable bonds is 7. The number of hydrogen-bond donors (Lipinski definition) is 0. The van der Waals surface area contributed by atoms with Crippen LogP contribution in [0.3, 0.4) is 0 Å². The van der Waals surface area contributed by atoms with Crippen molar-refractivity contribution in [2.45, 2.75) is 49.5 Å². The fourth-order valence-electron chi connectivity index (χ4n) is 3.67. The van der Waals surface area contributed by atoms with Gasteiger partial charge in [-0.2, -0.15) is 4.31 Å². The molecule has 2 aliphatic rings. The van der Waals surface area contributed by atoms with Gasteiger partial charge in [0.15, 0.2) is 0 Å². The molecule has 2 fully saturated rings. The quantitative estimate of drug-likeness (QED) is 0.682. The summed E-state index contributed by atoms with van der Waals surface area (Å²) in [5.74, 6) is -0.0800. The highest BCUT2D eigenvalue weighted by Crippen LogP contribution is 2.28. The largest absolute Gasteiger partial charge is 0.385 e. The molecule has 3 rings (SSSR count). The van der Waals surface area contributed by atoms with Gasteiger partial charge in [0.1, 0.15) is 0 Å². The molecule has 0 radical (unpaired) electrons. The van der Waals surface area contributed by atoms with Gasteiger partial charge in [0, 0.05) is 45.0 Å². The van der Waals surface area contributed by atoms with Crippen LogP contribution in [0.4, 0.5) is 0 Å². The zero-order valence-electron chi connectivity index (χ0n) is 15.4. The first-order chi connectivity index (χ1) is 12.5. The second-order valence-corrected chi connectivity index (χ2v) is 8.96. The molecule has 6 nitrogen and oxygen atoms in total. The maximum Gasteiger partial charge on any atom is 0.253 e. The maximum absolute atomic E-state index is 13.2. The van der Waals surface area contributed by atoms with Crippen molar-refractivity contribution in [2.24, 2.45) is 0 Å². The topological polar surface area (TPSA) is 66.9 Å². The van der Waals surface area contributed by atoms with Gasteiger partial charge in [-0.25, -0.2) is 8.42 Å². The summed E-state index contributed by atoms with van der Waals surface area (Å²) in [4.78, 5) is 14.4. The van der Waals surface area contributed by atoms with Gasteiger partial charge in [0.05, 0.1) is 4.90 Å². The maximum atomic E-state index is 13.2. The van der Waals surface area contributed by atoms with E-state index in [9.17, 15) is 13.2 Å². The number of sulfonamides is 1. The van der Waals surface area contributed by atoms with Gasteiger partial charge >= 0.3 is 0 Å². The molecular weight excluding hydrogens is 352 g/mol. The number of amides is 1. The van der Waals surface area contributed by atoms with Crippen LogP contribution in [0.1, 0.15) is 48.9 Å². The van der Waals surface area contributed by atoms with E-state index in [1.165, 1.54) is 6.07 Å². The fourth-order valence-corrected chi connectivity index (χ4v) is 5.44. The minimum Gasteiger partial charge on any atom is -0.385 e. The van der Waals surface area contributed by atoms with Crippen molar-refractivity contribution in [3.05, 3.63) is 29.8 Å². The molecule has 2 heterocycles. The smallest absolute Gasteiger partial charge is 0.253 e. The van der Waals surface area contributed by atoms with Gasteiger partial charge < -0.3 is 9.64 Å². The van der Waals surface area contributed by atoms with E-state index < -0.39 is 10.0 Å². The van der Waals surface area contributed by atoms with Crippen molar-refractivity contribution in [2.75, 3.05) is 33.4 Å². The summed E-state index contributed by atoms with van der Waals surface area (Å²) >= 11 is 0. The number of piperidine rings is 1. The second kappa shape index (κ2) is 8.50. The van der Waals surface area contributed by atoms with E-state index in [1.54, 1.807) is 34.5 Å². The second-order valence-electron chi connectivity index (χ2n) is 7.07. The summed E-state index contributed by atoms with van der Waals surface area (Å²) < 4.78 is 33.2. The van der Waals surface area contributed by atoms with Crippen LogP contribution in [0, 0.1) is 0 Å². The van der Waals surface area contributed by atoms with E-state index in [0.29, 0.717) is 18.7 Å². The highest BCUT2D eigenvalue weighted by molar-refractivity contribution is 7.89. The lowest BCUT2D eigenvalue weighted by Crippen LogP contribution is -2.44. The van der Waals surface area contributed by atoms with Crippen LogP contribution in [0.15, 0.2) is 29.2 Å². The number of benzene rings is 1. The number of nitrogens with zero attached hydrogens (tertiary/aromatic N) is 2. The standard InChI is InChI=1S/C19H28N2O4S/c1-25-14-5-9-17-8-2-3-13-21(17)26(23,24)18-10-4-7-16(15-18)19(22)20-11-6-12-20/h4,7,10,15,17H,2-3,5-6,8-9,11-14H2,1H3/t17-/m0/s1. The number of likely N-dealkylation sites (tertiary alicyclic amines) is 1. The highest BCUT2D eigenvalue weighted by atomic mass is 32.2. The molecule has 0 bridgehead atoms. The van der Waals surface area contributed by atoms with Crippen LogP contribution in [0.25, 0.3) is 0 Å². The molecule has 0 saturated carbocycles. The molecule has 1 amide bonds. The molecule has 1 atom stereocenters. The molecule has 1 aromatic carbocycles. The zero-order valence-corrected chi connectivity index (χ0v) is 16.2. The molecule has 0 N–H and O–H groups in total. The van der Waals surface area contributed by atoms with E-state index in [-0.39, 0.29) is 16.8 Å². The van der Waals surface area contributed by atoms with Gasteiger partial charge in [0.2, 0.25) is 10.0 Å². The SMILES string of the molecule is COCCC[C@@H]1CCCCN1S(=O)(=O)c1cccc(C(=O)N2CCC2)c1. The number of carbonyl (C=O) groups is 1. The lowest BCUT2D eigenvalue weighted by Gasteiger charge is -2.35. The van der Waals surface area contributed by atoms with Gasteiger partial charge in [-0.15, -0.1) is 0 Å². The van der Waals surface area contributed by atoms with E-state index in [4.69, 9.17) is 4.74 Å². The van der Waals surface area contributed by atoms with Crippen molar-refractivity contribution in [3.63, 3.8) is 0 Å². The molecular formula is C19H28N2O4S. The van der Waals surface area contributed by atoms with Crippen LogP contribution in [0.2, 0.25) is 0 Å². The van der Waals surface area contributed by atoms with Crippen molar-refractivity contribution in [1.29, 1.82) is 0 Å². The van der Waals surface area contributed by atoms with Gasteiger partial charge in [-0.1, -0.05) is 12.5 Å². The van der Waals surface area contributed by atoms with Crippen LogP contribution >= 0.6 is 0 Å². The Morgan fingerprint density at radius 1 is 1.19 bits per heavy atom. The molecule has 2 aliphatic heterocycles. The average Bonchev–Trinajstić information content (AvgIpc) is 2.61. The first-order valence-electron chi connectivity index (χ1n) is 9.44. The third kappa shape index (κ3) is 4.10. The van der Waals surface area contributed by atoms with E-state index in [1.807, 2.05) is 0 Å². The average molecular weight is 381 g/mol. The summed E-state index contributed by atoms with van der Waals surface area (Å²) in [6, 6.07) is 6.52. The molecule has 0 aromatic heterocycles. The third-order valence-corrected chi connectivity index (χ3v) is 7.24. The highest BCUT2D eigenvalue weighted by Gasteiger charge is 2.33. The van der Waals surface area contributed by atoms with Gasteiger partial charge in [-0.05, 0) is 50.3 Å². The molecule has 0 spiro atoms. The Morgan fingerprint density at radius 2 is 2.00 bits per heavy atom. The number of ether oxygens (including phenoxy) is 1. The van der Waals surface area contributed by atoms with Crippen molar-refractivity contribution in [3.8, 4) is 0 Å². The first-order valence-corrected chi connectivity index (χ1v) is 10.9. The monoisotopic (exact) mass is 380 g/mol. The molecule has 2 saturated heterocycles. The van der Waals surface area contributed by atoms with Gasteiger partial charge in [-0.3, -0.25) is 4.79 Å². The van der Waals surface area contributed by atoms with Crippen molar-refractivity contribution >= 4 is 15.9 Å². The lowest BCUT2D eigenvalue weighted by molar-refractivity contribution is 0.0651. The van der Waals surface area contributed by atoms with Crippen molar-refractivity contribution in [1.82, 2.24) is 9.21 Å². The van der Waals surface area contributed by atoms with Crippen LogP contribution in [0.5, 0.6) is 0 Å². The van der Waals surface area contributed by atoms with E-state index >= 15 is 0 Å². The Labute approximate surface area is 156 Å². The van der Waals surface area contributed by atoms with Crippen LogP contribution in [-0.2, 0) is 14.8 Å². The summed E-state index contributed by atoms with van der Waals surface area (Å²) in [6.45, 7) is 2.70. The Morgan fingerprint density at radius 3 is 2.69 bits per heavy atom. The molecule has 1 aromatic rings. The molecule has 0 unspecified atom stereocenters. The molecule has 144 valence electrons. The number of hydrogen-bond acceptors (Lipinski definition) is 4. The Hall–Kier alpha value is -1.44. The molecule has 0 aliphatic carbocycles. The Kier molecular flexibility index (Phi) is 6.32. The van der Waals surface area contributed by atoms with Crippen molar-refractivity contribution < 1.29 is 17.9 Å². The normalized spacial score (nSPS) is 21.4. The summed E-state index contributed by atoms with van der Waals surface area (Å²) in [6.07, 6.45) is 5.49. The predicted molar refractivity (Wildman–Crippen MR) is 99.6 cm³/mol. The predicted octanol–water partition coefficient (Wildman–Crippen LogP) is 2.50. The summed E-state index contributed by atoms with van der Waals surface area (Å²) in [7, 11) is -1.93. The number of carbonyl (C=O) groups excluding carboxylic acids is 1. The summed E-state index contributed by atoms with van der Waals surface area (Å²) in [5, 5.41) is 0. The molecule has 7 heteroatoms. The van der Waals surface area contributed by atoms with Crippen LogP contribution in [-0.4, -0.2) is 62.9 Å². The van der Waals surface area contributed by atoms with Crippen LogP contribution < -0.4 is 0 Å². The zero-order chi connectivity index (χ0) is 18.6. The summed E-state index contributed by atoms with van der Waals surface area (Å²) in [5.41, 5.74) is 0.457.